The molecule has 0 amide bonds. The van der Waals surface area contributed by atoms with E-state index in [0.29, 0.717) is 5.95 Å². The molecule has 21 heavy (non-hydrogen) atoms. The van der Waals surface area contributed by atoms with Crippen LogP contribution < -0.4 is 11.3 Å². The Hall–Kier alpha value is -1.74. The van der Waals surface area contributed by atoms with E-state index >= 15 is 0 Å². The van der Waals surface area contributed by atoms with Crippen molar-refractivity contribution < 1.29 is 0 Å². The number of thiazole rings is 1. The van der Waals surface area contributed by atoms with Crippen LogP contribution in [0.1, 0.15) is 0 Å². The quantitative estimate of drug-likeness (QED) is 0.338. The Morgan fingerprint density at radius 2 is 2.00 bits per heavy atom. The summed E-state index contributed by atoms with van der Waals surface area (Å²) in [4.78, 5) is 14.3. The van der Waals surface area contributed by atoms with Crippen molar-refractivity contribution in [2.24, 2.45) is 5.84 Å². The summed E-state index contributed by atoms with van der Waals surface area (Å²) in [6.07, 6.45) is 0. The first kappa shape index (κ1) is 13.0. The van der Waals surface area contributed by atoms with Crippen molar-refractivity contribution in [3.8, 4) is 0 Å². The molecule has 1 aromatic carbocycles. The van der Waals surface area contributed by atoms with Gasteiger partial charge in [-0.3, -0.25) is 5.43 Å². The van der Waals surface area contributed by atoms with Gasteiger partial charge in [-0.05, 0) is 35.3 Å². The SMILES string of the molecule is NNc1nc(Sc2nc3ccccc3s2)c2ccsc2n1. The molecule has 4 aromatic rings. The standard InChI is InChI=1S/C13H9N5S3/c14-18-12-16-10-7(5-6-19-10)11(17-12)21-13-15-8-3-1-2-4-9(8)20-13/h1-6H,14H2,(H,16,17,18). The van der Waals surface area contributed by atoms with Crippen LogP contribution in [0.2, 0.25) is 0 Å². The van der Waals surface area contributed by atoms with E-state index < -0.39 is 0 Å². The van der Waals surface area contributed by atoms with Crippen molar-refractivity contribution in [2.45, 2.75) is 9.37 Å². The number of hydrogen-bond donors (Lipinski definition) is 2. The van der Waals surface area contributed by atoms with Crippen LogP contribution >= 0.6 is 34.4 Å². The summed E-state index contributed by atoms with van der Waals surface area (Å²) in [6, 6.07) is 10.1. The highest BCUT2D eigenvalue weighted by atomic mass is 32.2. The number of nitrogens with one attached hydrogen (secondary N) is 1. The van der Waals surface area contributed by atoms with E-state index in [2.05, 4.69) is 26.4 Å². The number of anilines is 1. The molecule has 0 fully saturated rings. The molecule has 0 saturated heterocycles. The third-order valence-corrected chi connectivity index (χ3v) is 5.79. The zero-order valence-electron chi connectivity index (χ0n) is 10.6. The first-order valence-electron chi connectivity index (χ1n) is 6.09. The Morgan fingerprint density at radius 3 is 2.86 bits per heavy atom. The van der Waals surface area contributed by atoms with E-state index in [1.165, 1.54) is 4.70 Å². The largest absolute Gasteiger partial charge is 0.292 e. The first-order valence-corrected chi connectivity index (χ1v) is 8.60. The number of fused-ring (bicyclic) bond motifs is 2. The summed E-state index contributed by atoms with van der Waals surface area (Å²) < 4.78 is 2.14. The predicted octanol–water partition coefficient (Wildman–Crippen LogP) is 3.74. The predicted molar refractivity (Wildman–Crippen MR) is 89.0 cm³/mol. The molecule has 8 heteroatoms. The number of hydrogen-bond acceptors (Lipinski definition) is 8. The number of nitrogens with two attached hydrogens (primary N) is 1. The van der Waals surface area contributed by atoms with E-state index in [0.717, 1.165) is 25.1 Å². The zero-order valence-corrected chi connectivity index (χ0v) is 13.1. The second-order valence-electron chi connectivity index (χ2n) is 4.19. The number of nitrogens with zero attached hydrogens (tertiary/aromatic N) is 3. The molecule has 5 nitrogen and oxygen atoms in total. The molecule has 0 radical (unpaired) electrons. The van der Waals surface area contributed by atoms with Crippen LogP contribution in [0.3, 0.4) is 0 Å². The molecule has 104 valence electrons. The minimum atomic E-state index is 0.425. The van der Waals surface area contributed by atoms with Crippen molar-refractivity contribution in [1.29, 1.82) is 0 Å². The molecular formula is C13H9N5S3. The van der Waals surface area contributed by atoms with Gasteiger partial charge in [0.05, 0.1) is 10.2 Å². The van der Waals surface area contributed by atoms with E-state index in [-0.39, 0.29) is 0 Å². The number of nitrogen functional groups attached to an aromatic ring is 1. The van der Waals surface area contributed by atoms with Crippen LogP contribution in [0.4, 0.5) is 5.95 Å². The van der Waals surface area contributed by atoms with E-state index in [1.54, 1.807) is 34.4 Å². The van der Waals surface area contributed by atoms with Crippen molar-refractivity contribution >= 4 is 60.8 Å². The molecule has 3 aromatic heterocycles. The Kier molecular flexibility index (Phi) is 3.23. The monoisotopic (exact) mass is 331 g/mol. The molecule has 0 unspecified atom stereocenters. The highest BCUT2D eigenvalue weighted by Crippen LogP contribution is 2.37. The van der Waals surface area contributed by atoms with Gasteiger partial charge in [0.25, 0.3) is 0 Å². The van der Waals surface area contributed by atoms with Gasteiger partial charge in [0.2, 0.25) is 5.95 Å². The summed E-state index contributed by atoms with van der Waals surface area (Å²) in [6.45, 7) is 0. The van der Waals surface area contributed by atoms with E-state index in [1.807, 2.05) is 29.6 Å². The van der Waals surface area contributed by atoms with Crippen LogP contribution in [0, 0.1) is 0 Å². The molecule has 3 N–H and O–H groups in total. The summed E-state index contributed by atoms with van der Waals surface area (Å²) in [5, 5.41) is 3.90. The molecule has 0 aliphatic carbocycles. The molecule has 0 bridgehead atoms. The molecule has 0 saturated carbocycles. The van der Waals surface area contributed by atoms with E-state index in [9.17, 15) is 0 Å². The molecule has 0 atom stereocenters. The van der Waals surface area contributed by atoms with Gasteiger partial charge in [-0.15, -0.1) is 22.7 Å². The van der Waals surface area contributed by atoms with Gasteiger partial charge in [-0.2, -0.15) is 0 Å². The lowest BCUT2D eigenvalue weighted by Crippen LogP contribution is -2.10. The molecule has 0 aliphatic rings. The zero-order chi connectivity index (χ0) is 14.2. The highest BCUT2D eigenvalue weighted by molar-refractivity contribution is 8.01. The summed E-state index contributed by atoms with van der Waals surface area (Å²) >= 11 is 4.77. The Balaban J connectivity index is 1.80. The number of rotatable bonds is 3. The third-order valence-electron chi connectivity index (χ3n) is 2.88. The van der Waals surface area contributed by atoms with Crippen molar-refractivity contribution in [2.75, 3.05) is 5.43 Å². The number of benzene rings is 1. The summed E-state index contributed by atoms with van der Waals surface area (Å²) in [5.41, 5.74) is 3.53. The van der Waals surface area contributed by atoms with Crippen LogP contribution in [0.15, 0.2) is 45.1 Å². The maximum Gasteiger partial charge on any atom is 0.239 e. The number of thiophene rings is 1. The van der Waals surface area contributed by atoms with Crippen molar-refractivity contribution in [3.63, 3.8) is 0 Å². The minimum absolute atomic E-state index is 0.425. The highest BCUT2D eigenvalue weighted by Gasteiger charge is 2.12. The molecule has 0 aliphatic heterocycles. The maximum absolute atomic E-state index is 5.44. The number of aromatic nitrogens is 3. The molecule has 0 spiro atoms. The van der Waals surface area contributed by atoms with Crippen LogP contribution in [-0.2, 0) is 0 Å². The average molecular weight is 331 g/mol. The Morgan fingerprint density at radius 1 is 1.10 bits per heavy atom. The minimum Gasteiger partial charge on any atom is -0.292 e. The smallest absolute Gasteiger partial charge is 0.239 e. The van der Waals surface area contributed by atoms with Crippen molar-refractivity contribution in [3.05, 3.63) is 35.7 Å². The van der Waals surface area contributed by atoms with Gasteiger partial charge >= 0.3 is 0 Å². The molecule has 4 rings (SSSR count). The van der Waals surface area contributed by atoms with Crippen LogP contribution in [0.5, 0.6) is 0 Å². The van der Waals surface area contributed by atoms with Crippen LogP contribution in [-0.4, -0.2) is 15.0 Å². The lowest BCUT2D eigenvalue weighted by atomic mass is 10.3. The normalized spacial score (nSPS) is 11.3. The Labute approximate surface area is 132 Å². The van der Waals surface area contributed by atoms with Gasteiger partial charge < -0.3 is 0 Å². The lowest BCUT2D eigenvalue weighted by Gasteiger charge is -2.02. The van der Waals surface area contributed by atoms with Gasteiger partial charge in [0, 0.05) is 5.39 Å². The topological polar surface area (TPSA) is 76.7 Å². The van der Waals surface area contributed by atoms with Gasteiger partial charge in [0.15, 0.2) is 4.34 Å². The fourth-order valence-corrected chi connectivity index (χ4v) is 4.86. The fraction of sp³-hybridized carbons (Fsp3) is 0. The van der Waals surface area contributed by atoms with E-state index in [4.69, 9.17) is 5.84 Å². The average Bonchev–Trinajstić information content (AvgIpc) is 3.12. The third kappa shape index (κ3) is 2.36. The van der Waals surface area contributed by atoms with Gasteiger partial charge in [-0.1, -0.05) is 12.1 Å². The molecular weight excluding hydrogens is 322 g/mol. The second kappa shape index (κ2) is 5.23. The molecule has 3 heterocycles. The van der Waals surface area contributed by atoms with Crippen molar-refractivity contribution in [1.82, 2.24) is 15.0 Å². The lowest BCUT2D eigenvalue weighted by molar-refractivity contribution is 1.07. The van der Waals surface area contributed by atoms with Crippen LogP contribution in [0.25, 0.3) is 20.4 Å². The maximum atomic E-state index is 5.44. The number of hydrazine groups is 1. The summed E-state index contributed by atoms with van der Waals surface area (Å²) in [7, 11) is 0. The van der Waals surface area contributed by atoms with Gasteiger partial charge in [0.1, 0.15) is 9.86 Å². The first-order chi connectivity index (χ1) is 10.3. The summed E-state index contributed by atoms with van der Waals surface area (Å²) in [5.74, 6) is 5.87. The number of para-hydroxylation sites is 1. The fourth-order valence-electron chi connectivity index (χ4n) is 1.95. The van der Waals surface area contributed by atoms with Gasteiger partial charge in [-0.25, -0.2) is 20.8 Å². The second-order valence-corrected chi connectivity index (χ2v) is 7.35. The Bertz CT molecular complexity index is 897.